The maximum absolute atomic E-state index is 10.8. The molecule has 0 aromatic heterocycles. The molecule has 0 spiro atoms. The number of nitro groups is 1. The van der Waals surface area contributed by atoms with Gasteiger partial charge in [-0.05, 0) is 30.4 Å². The fourth-order valence-corrected chi connectivity index (χ4v) is 2.72. The molecule has 6 nitrogen and oxygen atoms in total. The van der Waals surface area contributed by atoms with Crippen LogP contribution >= 0.6 is 0 Å². The predicted molar refractivity (Wildman–Crippen MR) is 69.9 cm³/mol. The van der Waals surface area contributed by atoms with Crippen LogP contribution in [0.15, 0.2) is 12.1 Å². The summed E-state index contributed by atoms with van der Waals surface area (Å²) in [6.45, 7) is 0. The maximum atomic E-state index is 10.8. The Balaban J connectivity index is 2.31. The summed E-state index contributed by atoms with van der Waals surface area (Å²) in [5.74, 6) is -0.919. The van der Waals surface area contributed by atoms with Crippen molar-refractivity contribution in [2.24, 2.45) is 11.7 Å². The van der Waals surface area contributed by atoms with E-state index in [-0.39, 0.29) is 12.0 Å². The predicted octanol–water partition coefficient (Wildman–Crippen LogP) is 2.59. The molecule has 0 saturated heterocycles. The zero-order valence-corrected chi connectivity index (χ0v) is 10.6. The number of nitrogens with zero attached hydrogens (tertiary/aromatic N) is 1. The van der Waals surface area contributed by atoms with Crippen molar-refractivity contribution in [3.63, 3.8) is 0 Å². The quantitative estimate of drug-likeness (QED) is 0.442. The van der Waals surface area contributed by atoms with Crippen LogP contribution in [0.1, 0.15) is 43.7 Å². The SMILES string of the molecule is N[C@@H](c1cc(O)c(O)c([N+](=O)[O-])c1)C1CCCCC1. The molecule has 104 valence electrons. The molecule has 1 aromatic carbocycles. The molecule has 0 aliphatic heterocycles. The van der Waals surface area contributed by atoms with Crippen LogP contribution in [0.2, 0.25) is 0 Å². The van der Waals surface area contributed by atoms with E-state index in [1.807, 2.05) is 0 Å². The van der Waals surface area contributed by atoms with Crippen molar-refractivity contribution in [1.82, 2.24) is 0 Å². The zero-order chi connectivity index (χ0) is 14.0. The van der Waals surface area contributed by atoms with E-state index in [1.54, 1.807) is 0 Å². The number of benzene rings is 1. The largest absolute Gasteiger partial charge is 0.504 e. The Kier molecular flexibility index (Phi) is 3.90. The van der Waals surface area contributed by atoms with Gasteiger partial charge in [0.2, 0.25) is 5.75 Å². The molecule has 2 rings (SSSR count). The van der Waals surface area contributed by atoms with Crippen LogP contribution in [0.5, 0.6) is 11.5 Å². The van der Waals surface area contributed by atoms with Crippen molar-refractivity contribution >= 4 is 5.69 Å². The number of rotatable bonds is 3. The Bertz CT molecular complexity index is 484. The average molecular weight is 266 g/mol. The highest BCUT2D eigenvalue weighted by atomic mass is 16.6. The molecule has 1 aliphatic rings. The lowest BCUT2D eigenvalue weighted by molar-refractivity contribution is -0.386. The van der Waals surface area contributed by atoms with Gasteiger partial charge in [-0.25, -0.2) is 0 Å². The molecular weight excluding hydrogens is 248 g/mol. The normalized spacial score (nSPS) is 18.2. The molecule has 1 aliphatic carbocycles. The summed E-state index contributed by atoms with van der Waals surface area (Å²) in [4.78, 5) is 10.1. The molecule has 4 N–H and O–H groups in total. The lowest BCUT2D eigenvalue weighted by atomic mass is 9.81. The summed E-state index contributed by atoms with van der Waals surface area (Å²) >= 11 is 0. The van der Waals surface area contributed by atoms with Gasteiger partial charge in [0.1, 0.15) is 0 Å². The average Bonchev–Trinajstić information content (AvgIpc) is 2.41. The van der Waals surface area contributed by atoms with Crippen LogP contribution < -0.4 is 5.73 Å². The van der Waals surface area contributed by atoms with E-state index in [1.165, 1.54) is 18.6 Å². The Labute approximate surface area is 111 Å². The Morgan fingerprint density at radius 3 is 2.47 bits per heavy atom. The van der Waals surface area contributed by atoms with Crippen LogP contribution in [-0.2, 0) is 0 Å². The van der Waals surface area contributed by atoms with E-state index in [2.05, 4.69) is 0 Å². The first-order chi connectivity index (χ1) is 9.00. The Morgan fingerprint density at radius 2 is 1.89 bits per heavy atom. The second-order valence-corrected chi connectivity index (χ2v) is 5.09. The van der Waals surface area contributed by atoms with Gasteiger partial charge in [0.25, 0.3) is 0 Å². The first-order valence-electron chi connectivity index (χ1n) is 6.46. The van der Waals surface area contributed by atoms with Crippen molar-refractivity contribution < 1.29 is 15.1 Å². The van der Waals surface area contributed by atoms with Gasteiger partial charge < -0.3 is 15.9 Å². The first-order valence-corrected chi connectivity index (χ1v) is 6.46. The summed E-state index contributed by atoms with van der Waals surface area (Å²) in [7, 11) is 0. The monoisotopic (exact) mass is 266 g/mol. The van der Waals surface area contributed by atoms with Crippen LogP contribution in [0.3, 0.4) is 0 Å². The number of phenolic OH excluding ortho intramolecular Hbond substituents is 2. The third-order valence-electron chi connectivity index (χ3n) is 3.83. The smallest absolute Gasteiger partial charge is 0.314 e. The number of hydrogen-bond donors (Lipinski definition) is 3. The Hall–Kier alpha value is -1.82. The fraction of sp³-hybridized carbons (Fsp3) is 0.538. The molecule has 1 fully saturated rings. The molecule has 0 unspecified atom stereocenters. The van der Waals surface area contributed by atoms with Crippen molar-refractivity contribution in [3.8, 4) is 11.5 Å². The summed E-state index contributed by atoms with van der Waals surface area (Å²) in [6, 6.07) is 2.24. The molecule has 6 heteroatoms. The minimum atomic E-state index is -0.716. The van der Waals surface area contributed by atoms with Gasteiger partial charge in [0, 0.05) is 12.1 Å². The van der Waals surface area contributed by atoms with Gasteiger partial charge in [0.15, 0.2) is 5.75 Å². The maximum Gasteiger partial charge on any atom is 0.314 e. The molecule has 1 aromatic rings. The van der Waals surface area contributed by atoms with E-state index < -0.39 is 22.1 Å². The molecular formula is C13H18N2O4. The van der Waals surface area contributed by atoms with Crippen LogP contribution in [0, 0.1) is 16.0 Å². The fourth-order valence-electron chi connectivity index (χ4n) is 2.72. The number of nitrogens with two attached hydrogens (primary N) is 1. The number of nitro benzene ring substituents is 1. The molecule has 19 heavy (non-hydrogen) atoms. The van der Waals surface area contributed by atoms with Gasteiger partial charge in [-0.3, -0.25) is 10.1 Å². The van der Waals surface area contributed by atoms with Gasteiger partial charge >= 0.3 is 5.69 Å². The molecule has 0 bridgehead atoms. The number of phenols is 2. The molecule has 1 atom stereocenters. The zero-order valence-electron chi connectivity index (χ0n) is 10.6. The highest BCUT2D eigenvalue weighted by Crippen LogP contribution is 2.40. The molecule has 0 amide bonds. The minimum absolute atomic E-state index is 0.275. The summed E-state index contributed by atoms with van der Waals surface area (Å²) in [5.41, 5.74) is 6.15. The van der Waals surface area contributed by atoms with Crippen molar-refractivity contribution in [2.45, 2.75) is 38.1 Å². The van der Waals surface area contributed by atoms with Crippen LogP contribution in [-0.4, -0.2) is 15.1 Å². The Morgan fingerprint density at radius 1 is 1.26 bits per heavy atom. The summed E-state index contributed by atoms with van der Waals surface area (Å²) in [5, 5.41) is 29.8. The number of aromatic hydroxyl groups is 2. The summed E-state index contributed by atoms with van der Waals surface area (Å²) in [6.07, 6.45) is 5.42. The van der Waals surface area contributed by atoms with Crippen LogP contribution in [0.25, 0.3) is 0 Å². The summed E-state index contributed by atoms with van der Waals surface area (Å²) < 4.78 is 0. The van der Waals surface area contributed by atoms with E-state index in [9.17, 15) is 20.3 Å². The van der Waals surface area contributed by atoms with Gasteiger partial charge in [-0.1, -0.05) is 19.3 Å². The lowest BCUT2D eigenvalue weighted by Crippen LogP contribution is -2.23. The van der Waals surface area contributed by atoms with Gasteiger partial charge in [0.05, 0.1) is 4.92 Å². The lowest BCUT2D eigenvalue weighted by Gasteiger charge is -2.27. The molecule has 0 heterocycles. The first kappa shape index (κ1) is 13.6. The van der Waals surface area contributed by atoms with E-state index in [0.717, 1.165) is 25.7 Å². The third-order valence-corrected chi connectivity index (χ3v) is 3.83. The van der Waals surface area contributed by atoms with Crippen molar-refractivity contribution in [1.29, 1.82) is 0 Å². The van der Waals surface area contributed by atoms with Gasteiger partial charge in [-0.2, -0.15) is 0 Å². The van der Waals surface area contributed by atoms with Crippen molar-refractivity contribution in [3.05, 3.63) is 27.8 Å². The topological polar surface area (TPSA) is 110 Å². The van der Waals surface area contributed by atoms with E-state index in [4.69, 9.17) is 5.73 Å². The molecule has 1 saturated carbocycles. The van der Waals surface area contributed by atoms with Crippen molar-refractivity contribution in [2.75, 3.05) is 0 Å². The molecule has 0 radical (unpaired) electrons. The minimum Gasteiger partial charge on any atom is -0.504 e. The van der Waals surface area contributed by atoms with Gasteiger partial charge in [-0.15, -0.1) is 0 Å². The second-order valence-electron chi connectivity index (χ2n) is 5.09. The van der Waals surface area contributed by atoms with E-state index in [0.29, 0.717) is 5.56 Å². The standard InChI is InChI=1S/C13H18N2O4/c14-12(8-4-2-1-3-5-8)9-6-10(15(18)19)13(17)11(16)7-9/h6-8,12,16-17H,1-5,14H2/t12-/m1/s1. The van der Waals surface area contributed by atoms with E-state index >= 15 is 0 Å². The highest BCUT2D eigenvalue weighted by molar-refractivity contribution is 5.57. The highest BCUT2D eigenvalue weighted by Gasteiger charge is 2.26. The second kappa shape index (κ2) is 5.44. The van der Waals surface area contributed by atoms with Crippen LogP contribution in [0.4, 0.5) is 5.69 Å². The third kappa shape index (κ3) is 2.78. The number of hydrogen-bond acceptors (Lipinski definition) is 5.